The minimum atomic E-state index is -1.05. The second-order valence-electron chi connectivity index (χ2n) is 5.15. The molecule has 20 heavy (non-hydrogen) atoms. The van der Waals surface area contributed by atoms with Gasteiger partial charge in [0.1, 0.15) is 12.6 Å². The standard InChI is InChI=1S/C13H17N3O4/c1-2-15-10(17)6-20-12(13(18)19)11(15)9-5-14-7-16(9)8-3-4-8/h5,7-8,11-12H,2-4,6H2,1H3,(H,18,19). The molecular weight excluding hydrogens is 262 g/mol. The lowest BCUT2D eigenvalue weighted by Crippen LogP contribution is -2.52. The molecule has 0 radical (unpaired) electrons. The van der Waals surface area contributed by atoms with Crippen molar-refractivity contribution in [1.82, 2.24) is 14.5 Å². The van der Waals surface area contributed by atoms with Gasteiger partial charge in [0.2, 0.25) is 5.91 Å². The second kappa shape index (κ2) is 4.90. The van der Waals surface area contributed by atoms with E-state index in [2.05, 4.69) is 4.98 Å². The number of carboxylic acid groups (broad SMARTS) is 1. The number of ether oxygens (including phenoxy) is 1. The molecule has 7 heteroatoms. The highest BCUT2D eigenvalue weighted by molar-refractivity contribution is 5.82. The number of carbonyl (C=O) groups excluding carboxylic acids is 1. The number of aromatic nitrogens is 2. The molecule has 7 nitrogen and oxygen atoms in total. The molecule has 3 rings (SSSR count). The van der Waals surface area contributed by atoms with Crippen LogP contribution in [0.1, 0.15) is 37.5 Å². The lowest BCUT2D eigenvalue weighted by atomic mass is 10.0. The molecule has 1 aromatic rings. The van der Waals surface area contributed by atoms with Crippen LogP contribution in [0.25, 0.3) is 0 Å². The number of aliphatic carboxylic acids is 1. The highest BCUT2D eigenvalue weighted by Crippen LogP contribution is 2.39. The van der Waals surface area contributed by atoms with Gasteiger partial charge in [-0.3, -0.25) is 4.79 Å². The molecule has 1 amide bonds. The van der Waals surface area contributed by atoms with Gasteiger partial charge in [0.25, 0.3) is 0 Å². The first-order valence-electron chi connectivity index (χ1n) is 6.79. The van der Waals surface area contributed by atoms with Gasteiger partial charge >= 0.3 is 5.97 Å². The van der Waals surface area contributed by atoms with Crippen LogP contribution in [-0.4, -0.2) is 50.7 Å². The summed E-state index contributed by atoms with van der Waals surface area (Å²) in [6, 6.07) is -0.237. The first kappa shape index (κ1) is 13.1. The highest BCUT2D eigenvalue weighted by Gasteiger charge is 2.43. The number of morpholine rings is 1. The van der Waals surface area contributed by atoms with Crippen molar-refractivity contribution in [2.75, 3.05) is 13.2 Å². The smallest absolute Gasteiger partial charge is 0.335 e. The Balaban J connectivity index is 2.01. The quantitative estimate of drug-likeness (QED) is 0.872. The van der Waals surface area contributed by atoms with Crippen molar-refractivity contribution in [3.8, 4) is 0 Å². The molecule has 1 aliphatic heterocycles. The molecule has 2 heterocycles. The zero-order valence-electron chi connectivity index (χ0n) is 11.2. The predicted molar refractivity (Wildman–Crippen MR) is 68.0 cm³/mol. The summed E-state index contributed by atoms with van der Waals surface area (Å²) in [5.41, 5.74) is 0.745. The van der Waals surface area contributed by atoms with Gasteiger partial charge in [-0.1, -0.05) is 0 Å². The number of imidazole rings is 1. The van der Waals surface area contributed by atoms with Crippen molar-refractivity contribution in [2.24, 2.45) is 0 Å². The van der Waals surface area contributed by atoms with Gasteiger partial charge in [0.05, 0.1) is 18.2 Å². The molecule has 2 unspecified atom stereocenters. The minimum absolute atomic E-state index is 0.182. The van der Waals surface area contributed by atoms with Crippen LogP contribution in [-0.2, 0) is 14.3 Å². The van der Waals surface area contributed by atoms with E-state index in [1.807, 2.05) is 11.5 Å². The van der Waals surface area contributed by atoms with Crippen LogP contribution in [0.5, 0.6) is 0 Å². The van der Waals surface area contributed by atoms with Crippen molar-refractivity contribution < 1.29 is 19.4 Å². The number of likely N-dealkylation sites (N-methyl/N-ethyl adjacent to an activating group) is 1. The van der Waals surface area contributed by atoms with Gasteiger partial charge in [-0.25, -0.2) is 9.78 Å². The lowest BCUT2D eigenvalue weighted by Gasteiger charge is -2.38. The Kier molecular flexibility index (Phi) is 3.21. The number of rotatable bonds is 4. The van der Waals surface area contributed by atoms with E-state index < -0.39 is 18.1 Å². The van der Waals surface area contributed by atoms with E-state index in [1.54, 1.807) is 17.4 Å². The van der Waals surface area contributed by atoms with E-state index in [0.29, 0.717) is 12.6 Å². The molecule has 1 N–H and O–H groups in total. The van der Waals surface area contributed by atoms with Crippen molar-refractivity contribution in [3.63, 3.8) is 0 Å². The molecule has 1 saturated heterocycles. The van der Waals surface area contributed by atoms with E-state index in [-0.39, 0.29) is 12.5 Å². The van der Waals surface area contributed by atoms with E-state index in [4.69, 9.17) is 4.74 Å². The average molecular weight is 279 g/mol. The third kappa shape index (κ3) is 2.07. The van der Waals surface area contributed by atoms with E-state index in [1.165, 1.54) is 0 Å². The summed E-state index contributed by atoms with van der Waals surface area (Å²) >= 11 is 0. The Bertz CT molecular complexity index is 535. The van der Waals surface area contributed by atoms with Crippen LogP contribution in [0.3, 0.4) is 0 Å². The number of hydrogen-bond donors (Lipinski definition) is 1. The molecule has 1 aliphatic carbocycles. The SMILES string of the molecule is CCN1C(=O)COC(C(=O)O)C1c1cncn1C1CC1. The Morgan fingerprint density at radius 1 is 1.55 bits per heavy atom. The Labute approximate surface area is 116 Å². The normalized spacial score (nSPS) is 26.9. The maximum Gasteiger partial charge on any atom is 0.335 e. The van der Waals surface area contributed by atoms with Gasteiger partial charge in [-0.15, -0.1) is 0 Å². The van der Waals surface area contributed by atoms with Gasteiger partial charge < -0.3 is 19.3 Å². The summed E-state index contributed by atoms with van der Waals surface area (Å²) in [6.07, 6.45) is 4.44. The fraction of sp³-hybridized carbons (Fsp3) is 0.615. The molecular formula is C13H17N3O4. The zero-order chi connectivity index (χ0) is 14.3. The second-order valence-corrected chi connectivity index (χ2v) is 5.15. The highest BCUT2D eigenvalue weighted by atomic mass is 16.5. The van der Waals surface area contributed by atoms with Crippen LogP contribution < -0.4 is 0 Å². The van der Waals surface area contributed by atoms with Crippen LogP contribution in [0.15, 0.2) is 12.5 Å². The number of hydrogen-bond acceptors (Lipinski definition) is 4. The summed E-state index contributed by atoms with van der Waals surface area (Å²) in [5.74, 6) is -1.23. The molecule has 0 aromatic carbocycles. The minimum Gasteiger partial charge on any atom is -0.479 e. The molecule has 108 valence electrons. The van der Waals surface area contributed by atoms with Gasteiger partial charge in [-0.2, -0.15) is 0 Å². The Morgan fingerprint density at radius 2 is 2.30 bits per heavy atom. The molecule has 2 atom stereocenters. The third-order valence-electron chi connectivity index (χ3n) is 3.85. The van der Waals surface area contributed by atoms with E-state index in [0.717, 1.165) is 18.5 Å². The Hall–Kier alpha value is -1.89. The molecule has 2 aliphatic rings. The van der Waals surface area contributed by atoms with Crippen LogP contribution in [0, 0.1) is 0 Å². The largest absolute Gasteiger partial charge is 0.479 e. The summed E-state index contributed by atoms with van der Waals surface area (Å²) < 4.78 is 7.22. The van der Waals surface area contributed by atoms with Crippen molar-refractivity contribution in [1.29, 1.82) is 0 Å². The van der Waals surface area contributed by atoms with Gasteiger partial charge in [-0.05, 0) is 19.8 Å². The fourth-order valence-electron chi connectivity index (χ4n) is 2.75. The van der Waals surface area contributed by atoms with E-state index in [9.17, 15) is 14.7 Å². The van der Waals surface area contributed by atoms with Gasteiger partial charge in [0, 0.05) is 12.6 Å². The van der Waals surface area contributed by atoms with Crippen molar-refractivity contribution in [3.05, 3.63) is 18.2 Å². The topological polar surface area (TPSA) is 84.7 Å². The van der Waals surface area contributed by atoms with Crippen LogP contribution in [0.4, 0.5) is 0 Å². The lowest BCUT2D eigenvalue weighted by molar-refractivity contribution is -0.173. The number of carbonyl (C=O) groups is 2. The maximum atomic E-state index is 12.0. The van der Waals surface area contributed by atoms with Crippen LogP contribution >= 0.6 is 0 Å². The van der Waals surface area contributed by atoms with Gasteiger partial charge in [0.15, 0.2) is 6.10 Å². The summed E-state index contributed by atoms with van der Waals surface area (Å²) in [4.78, 5) is 29.1. The zero-order valence-corrected chi connectivity index (χ0v) is 11.2. The first-order valence-corrected chi connectivity index (χ1v) is 6.79. The molecule has 2 fully saturated rings. The molecule has 1 aromatic heterocycles. The van der Waals surface area contributed by atoms with Crippen molar-refractivity contribution in [2.45, 2.75) is 38.0 Å². The van der Waals surface area contributed by atoms with Crippen LogP contribution in [0.2, 0.25) is 0 Å². The number of carboxylic acids is 1. The van der Waals surface area contributed by atoms with Crippen molar-refractivity contribution >= 4 is 11.9 Å². The molecule has 1 saturated carbocycles. The summed E-state index contributed by atoms with van der Waals surface area (Å²) in [5, 5.41) is 9.36. The molecule has 0 spiro atoms. The third-order valence-corrected chi connectivity index (χ3v) is 3.85. The molecule has 0 bridgehead atoms. The monoisotopic (exact) mass is 279 g/mol. The maximum absolute atomic E-state index is 12.0. The van der Waals surface area contributed by atoms with E-state index >= 15 is 0 Å². The Morgan fingerprint density at radius 3 is 2.90 bits per heavy atom. The average Bonchev–Trinajstić information content (AvgIpc) is 3.15. The number of nitrogens with zero attached hydrogens (tertiary/aromatic N) is 3. The summed E-state index contributed by atoms with van der Waals surface area (Å²) in [7, 11) is 0. The fourth-order valence-corrected chi connectivity index (χ4v) is 2.75. The first-order chi connectivity index (χ1) is 9.63. The summed E-state index contributed by atoms with van der Waals surface area (Å²) in [6.45, 7) is 2.11. The number of amides is 1. The predicted octanol–water partition coefficient (Wildman–Crippen LogP) is 0.591.